The molecule has 0 fully saturated rings. The number of halogens is 1. The Kier molecular flexibility index (Phi) is 5.09. The Morgan fingerprint density at radius 1 is 1.33 bits per heavy atom. The van der Waals surface area contributed by atoms with Gasteiger partial charge in [0.25, 0.3) is 0 Å². The van der Waals surface area contributed by atoms with Crippen LogP contribution in [0.1, 0.15) is 16.4 Å². The molecule has 4 nitrogen and oxygen atoms in total. The Balaban J connectivity index is 2.36. The normalized spacial score (nSPS) is 12.0. The predicted octanol–water partition coefficient (Wildman–Crippen LogP) is 3.83. The number of carbonyl (C=O) groups is 1. The molecule has 6 heteroatoms. The topological polar surface area (TPSA) is 55.8 Å². The molecule has 1 aromatic heterocycles. The third kappa shape index (κ3) is 3.31. The van der Waals surface area contributed by atoms with Crippen molar-refractivity contribution in [3.8, 4) is 11.5 Å². The summed E-state index contributed by atoms with van der Waals surface area (Å²) in [6.45, 7) is 0. The van der Waals surface area contributed by atoms with Crippen molar-refractivity contribution in [2.75, 3.05) is 14.2 Å². The molecule has 0 aliphatic rings. The van der Waals surface area contributed by atoms with E-state index in [4.69, 9.17) is 21.1 Å². The molecule has 1 aromatic carbocycles. The molecule has 1 atom stereocenters. The first-order valence-electron chi connectivity index (χ1n) is 6.24. The van der Waals surface area contributed by atoms with E-state index >= 15 is 0 Å². The standard InChI is InChI=1S/C15H15ClO4S/c1-19-11-6-5-9(13(16)14(11)20-2)8-10(15(17)18)12-4-3-7-21-12/h3-7,10H,8H2,1-2H3,(H,17,18). The number of benzene rings is 1. The lowest BCUT2D eigenvalue weighted by Crippen LogP contribution is -2.13. The summed E-state index contributed by atoms with van der Waals surface area (Å²) in [5.41, 5.74) is 0.718. The van der Waals surface area contributed by atoms with Crippen molar-refractivity contribution in [1.29, 1.82) is 0 Å². The van der Waals surface area contributed by atoms with E-state index in [2.05, 4.69) is 0 Å². The second kappa shape index (κ2) is 6.83. The second-order valence-corrected chi connectivity index (χ2v) is 5.74. The summed E-state index contributed by atoms with van der Waals surface area (Å²) < 4.78 is 10.4. The van der Waals surface area contributed by atoms with Crippen LogP contribution in [-0.4, -0.2) is 25.3 Å². The van der Waals surface area contributed by atoms with Crippen molar-refractivity contribution in [3.63, 3.8) is 0 Å². The Labute approximate surface area is 131 Å². The highest BCUT2D eigenvalue weighted by Gasteiger charge is 2.24. The van der Waals surface area contributed by atoms with Crippen LogP contribution >= 0.6 is 22.9 Å². The maximum Gasteiger partial charge on any atom is 0.312 e. The maximum absolute atomic E-state index is 11.5. The molecule has 21 heavy (non-hydrogen) atoms. The highest BCUT2D eigenvalue weighted by Crippen LogP contribution is 2.39. The zero-order valence-electron chi connectivity index (χ0n) is 11.6. The van der Waals surface area contributed by atoms with Crippen LogP contribution in [0, 0.1) is 0 Å². The van der Waals surface area contributed by atoms with Gasteiger partial charge >= 0.3 is 5.97 Å². The zero-order chi connectivity index (χ0) is 15.4. The molecule has 0 spiro atoms. The highest BCUT2D eigenvalue weighted by atomic mass is 35.5. The fourth-order valence-electron chi connectivity index (χ4n) is 2.11. The number of carboxylic acids is 1. The van der Waals surface area contributed by atoms with E-state index in [1.54, 1.807) is 12.1 Å². The fraction of sp³-hybridized carbons (Fsp3) is 0.267. The summed E-state index contributed by atoms with van der Waals surface area (Å²) in [6, 6.07) is 7.16. The molecule has 0 aliphatic heterocycles. The van der Waals surface area contributed by atoms with Gasteiger partial charge in [-0.25, -0.2) is 0 Å². The lowest BCUT2D eigenvalue weighted by molar-refractivity contribution is -0.138. The number of methoxy groups -OCH3 is 2. The number of rotatable bonds is 6. The summed E-state index contributed by atoms with van der Waals surface area (Å²) in [5.74, 6) is -0.551. The summed E-state index contributed by atoms with van der Waals surface area (Å²) in [6.07, 6.45) is 0.301. The molecule has 2 aromatic rings. The predicted molar refractivity (Wildman–Crippen MR) is 83.0 cm³/mol. The SMILES string of the molecule is COc1ccc(CC(C(=O)O)c2cccs2)c(Cl)c1OC. The van der Waals surface area contributed by atoms with Crippen LogP contribution in [0.25, 0.3) is 0 Å². The van der Waals surface area contributed by atoms with Crippen LogP contribution in [-0.2, 0) is 11.2 Å². The van der Waals surface area contributed by atoms with Gasteiger partial charge in [0, 0.05) is 4.88 Å². The van der Waals surface area contributed by atoms with Crippen LogP contribution in [0.4, 0.5) is 0 Å². The van der Waals surface area contributed by atoms with Gasteiger partial charge < -0.3 is 14.6 Å². The maximum atomic E-state index is 11.5. The molecule has 1 heterocycles. The monoisotopic (exact) mass is 326 g/mol. The van der Waals surface area contributed by atoms with Crippen molar-refractivity contribution in [3.05, 3.63) is 45.1 Å². The summed E-state index contributed by atoms with van der Waals surface area (Å²) in [4.78, 5) is 12.3. The molecule has 0 aliphatic carbocycles. The lowest BCUT2D eigenvalue weighted by Gasteiger charge is -2.15. The van der Waals surface area contributed by atoms with E-state index in [9.17, 15) is 9.90 Å². The first kappa shape index (κ1) is 15.7. The van der Waals surface area contributed by atoms with Gasteiger partial charge in [-0.05, 0) is 29.5 Å². The van der Waals surface area contributed by atoms with Crippen molar-refractivity contribution >= 4 is 28.9 Å². The summed E-state index contributed by atoms with van der Waals surface area (Å²) in [7, 11) is 3.03. The van der Waals surface area contributed by atoms with Crippen LogP contribution in [0.3, 0.4) is 0 Å². The number of ether oxygens (including phenoxy) is 2. The van der Waals surface area contributed by atoms with Gasteiger partial charge in [0.2, 0.25) is 0 Å². The average molecular weight is 327 g/mol. The number of hydrogen-bond acceptors (Lipinski definition) is 4. The van der Waals surface area contributed by atoms with Crippen molar-refractivity contribution < 1.29 is 19.4 Å². The molecule has 2 rings (SSSR count). The highest BCUT2D eigenvalue weighted by molar-refractivity contribution is 7.10. The average Bonchev–Trinajstić information content (AvgIpc) is 2.99. The van der Waals surface area contributed by atoms with Gasteiger partial charge in [-0.3, -0.25) is 4.79 Å². The minimum absolute atomic E-state index is 0.301. The molecule has 112 valence electrons. The quantitative estimate of drug-likeness (QED) is 0.876. The van der Waals surface area contributed by atoms with E-state index in [1.165, 1.54) is 25.6 Å². The fourth-order valence-corrected chi connectivity index (χ4v) is 3.24. The minimum atomic E-state index is -0.872. The lowest BCUT2D eigenvalue weighted by atomic mass is 9.97. The summed E-state index contributed by atoms with van der Waals surface area (Å²) >= 11 is 7.73. The first-order valence-corrected chi connectivity index (χ1v) is 7.49. The molecule has 0 bridgehead atoms. The number of hydrogen-bond donors (Lipinski definition) is 1. The Hall–Kier alpha value is -1.72. The van der Waals surface area contributed by atoms with E-state index in [1.807, 2.05) is 17.5 Å². The third-order valence-corrected chi connectivity index (χ3v) is 4.57. The Bertz CT molecular complexity index is 625. The van der Waals surface area contributed by atoms with Crippen LogP contribution in [0.15, 0.2) is 29.6 Å². The van der Waals surface area contributed by atoms with Gasteiger partial charge in [0.05, 0.1) is 25.2 Å². The van der Waals surface area contributed by atoms with Crippen LogP contribution in [0.2, 0.25) is 5.02 Å². The molecule has 0 amide bonds. The molecule has 1 unspecified atom stereocenters. The minimum Gasteiger partial charge on any atom is -0.493 e. The largest absolute Gasteiger partial charge is 0.493 e. The van der Waals surface area contributed by atoms with Crippen molar-refractivity contribution in [1.82, 2.24) is 0 Å². The number of thiophene rings is 1. The van der Waals surface area contributed by atoms with Crippen LogP contribution < -0.4 is 9.47 Å². The summed E-state index contributed by atoms with van der Waals surface area (Å²) in [5, 5.41) is 11.7. The van der Waals surface area contributed by atoms with E-state index in [0.29, 0.717) is 22.9 Å². The Morgan fingerprint density at radius 3 is 2.62 bits per heavy atom. The zero-order valence-corrected chi connectivity index (χ0v) is 13.2. The molecule has 1 N–H and O–H groups in total. The van der Waals surface area contributed by atoms with Crippen molar-refractivity contribution in [2.45, 2.75) is 12.3 Å². The van der Waals surface area contributed by atoms with Crippen LogP contribution in [0.5, 0.6) is 11.5 Å². The first-order chi connectivity index (χ1) is 10.1. The number of carboxylic acid groups (broad SMARTS) is 1. The third-order valence-electron chi connectivity index (χ3n) is 3.17. The van der Waals surface area contributed by atoms with Gasteiger partial charge in [-0.15, -0.1) is 11.3 Å². The molecular weight excluding hydrogens is 312 g/mol. The molecule has 0 radical (unpaired) electrons. The van der Waals surface area contributed by atoms with Gasteiger partial charge in [-0.1, -0.05) is 23.7 Å². The smallest absolute Gasteiger partial charge is 0.312 e. The van der Waals surface area contributed by atoms with E-state index in [-0.39, 0.29) is 0 Å². The Morgan fingerprint density at radius 2 is 2.10 bits per heavy atom. The van der Waals surface area contributed by atoms with Gasteiger partial charge in [-0.2, -0.15) is 0 Å². The van der Waals surface area contributed by atoms with Gasteiger partial charge in [0.15, 0.2) is 11.5 Å². The number of aliphatic carboxylic acids is 1. The van der Waals surface area contributed by atoms with E-state index in [0.717, 1.165) is 10.4 Å². The second-order valence-electron chi connectivity index (χ2n) is 4.38. The van der Waals surface area contributed by atoms with Gasteiger partial charge in [0.1, 0.15) is 0 Å². The molecule has 0 saturated carbocycles. The molecule has 0 saturated heterocycles. The molecular formula is C15H15ClO4S. The van der Waals surface area contributed by atoms with E-state index < -0.39 is 11.9 Å². The van der Waals surface area contributed by atoms with Crippen molar-refractivity contribution in [2.24, 2.45) is 0 Å².